The monoisotopic (exact) mass is 495 g/mol. The first-order chi connectivity index (χ1) is 17.9. The Morgan fingerprint density at radius 2 is 1.51 bits per heavy atom. The number of hydrogen-bond donors (Lipinski definition) is 0. The van der Waals surface area contributed by atoms with Gasteiger partial charge in [0.1, 0.15) is 5.75 Å². The van der Waals surface area contributed by atoms with Gasteiger partial charge in [0.15, 0.2) is 0 Å². The Kier molecular flexibility index (Phi) is 5.40. The Bertz CT molecular complexity index is 1200. The SMILES string of the molecule is C=C(C)C(=O)Oc1ccc(N(c2ccccc2)C2CCC34CCC5CCCC6CCC2(C3)CC56C4)cc1. The number of anilines is 2. The minimum atomic E-state index is -0.365. The summed E-state index contributed by atoms with van der Waals surface area (Å²) in [5, 5.41) is 0. The maximum Gasteiger partial charge on any atom is 0.338 e. The van der Waals surface area contributed by atoms with Gasteiger partial charge in [-0.15, -0.1) is 0 Å². The molecule has 37 heavy (non-hydrogen) atoms. The van der Waals surface area contributed by atoms with Crippen LogP contribution in [0.3, 0.4) is 0 Å². The number of carbonyl (C=O) groups excluding carboxylic acids is 1. The van der Waals surface area contributed by atoms with Crippen molar-refractivity contribution in [2.45, 2.75) is 90.0 Å². The van der Waals surface area contributed by atoms with E-state index in [9.17, 15) is 4.79 Å². The van der Waals surface area contributed by atoms with Gasteiger partial charge >= 0.3 is 5.97 Å². The van der Waals surface area contributed by atoms with E-state index in [1.807, 2.05) is 12.1 Å². The van der Waals surface area contributed by atoms with Gasteiger partial charge in [0.25, 0.3) is 0 Å². The van der Waals surface area contributed by atoms with Crippen LogP contribution in [0.2, 0.25) is 0 Å². The molecule has 0 saturated heterocycles. The van der Waals surface area contributed by atoms with Gasteiger partial charge in [-0.1, -0.05) is 31.2 Å². The molecule has 5 fully saturated rings. The molecule has 3 spiro atoms. The van der Waals surface area contributed by atoms with Crippen molar-refractivity contribution in [2.75, 3.05) is 4.90 Å². The molecule has 6 atom stereocenters. The molecule has 3 bridgehead atoms. The van der Waals surface area contributed by atoms with Crippen LogP contribution in [0.25, 0.3) is 0 Å². The largest absolute Gasteiger partial charge is 0.423 e. The summed E-state index contributed by atoms with van der Waals surface area (Å²) in [6, 6.07) is 19.8. The number of nitrogens with zero attached hydrogens (tertiary/aromatic N) is 1. The van der Waals surface area contributed by atoms with Crippen molar-refractivity contribution in [3.63, 3.8) is 0 Å². The van der Waals surface area contributed by atoms with Crippen LogP contribution in [0.15, 0.2) is 66.7 Å². The summed E-state index contributed by atoms with van der Waals surface area (Å²) in [5.74, 6) is 2.18. The van der Waals surface area contributed by atoms with Crippen molar-refractivity contribution in [3.8, 4) is 5.75 Å². The molecule has 3 heteroatoms. The third-order valence-electron chi connectivity index (χ3n) is 11.5. The summed E-state index contributed by atoms with van der Waals surface area (Å²) in [4.78, 5) is 14.8. The highest BCUT2D eigenvalue weighted by Crippen LogP contribution is 2.76. The Morgan fingerprint density at radius 3 is 2.24 bits per heavy atom. The number of carbonyl (C=O) groups is 1. The molecule has 5 aliphatic rings. The van der Waals surface area contributed by atoms with Crippen LogP contribution in [0.1, 0.15) is 84.0 Å². The van der Waals surface area contributed by atoms with Crippen molar-refractivity contribution in [1.29, 1.82) is 0 Å². The second-order valence-electron chi connectivity index (χ2n) is 13.5. The molecule has 0 N–H and O–H groups in total. The highest BCUT2D eigenvalue weighted by atomic mass is 16.5. The van der Waals surface area contributed by atoms with Gasteiger partial charge in [-0.05, 0) is 142 Å². The predicted octanol–water partition coefficient (Wildman–Crippen LogP) is 8.62. The molecule has 0 aromatic heterocycles. The first-order valence-corrected chi connectivity index (χ1v) is 14.7. The van der Waals surface area contributed by atoms with Crippen LogP contribution in [0.4, 0.5) is 11.4 Å². The fourth-order valence-corrected chi connectivity index (χ4v) is 10.4. The van der Waals surface area contributed by atoms with E-state index in [1.54, 1.807) is 6.92 Å². The Morgan fingerprint density at radius 1 is 0.838 bits per heavy atom. The van der Waals surface area contributed by atoms with Crippen molar-refractivity contribution in [3.05, 3.63) is 66.7 Å². The van der Waals surface area contributed by atoms with Gasteiger partial charge in [0.05, 0.1) is 0 Å². The second kappa shape index (κ2) is 8.48. The molecule has 7 rings (SSSR count). The summed E-state index contributed by atoms with van der Waals surface area (Å²) in [6.45, 7) is 5.40. The highest BCUT2D eigenvalue weighted by molar-refractivity contribution is 5.88. The quantitative estimate of drug-likeness (QED) is 0.236. The molecule has 5 aliphatic carbocycles. The van der Waals surface area contributed by atoms with E-state index in [4.69, 9.17) is 4.74 Å². The molecule has 2 aromatic rings. The van der Waals surface area contributed by atoms with Gasteiger partial charge in [-0.25, -0.2) is 4.79 Å². The van der Waals surface area contributed by atoms with Crippen LogP contribution in [0, 0.1) is 28.1 Å². The summed E-state index contributed by atoms with van der Waals surface area (Å²) in [6.07, 6.45) is 17.4. The minimum absolute atomic E-state index is 0.365. The van der Waals surface area contributed by atoms with Gasteiger partial charge < -0.3 is 9.64 Å². The van der Waals surface area contributed by atoms with E-state index in [1.165, 1.54) is 88.4 Å². The fourth-order valence-electron chi connectivity index (χ4n) is 10.4. The highest BCUT2D eigenvalue weighted by Gasteiger charge is 2.68. The van der Waals surface area contributed by atoms with E-state index in [0.29, 0.717) is 33.6 Å². The lowest BCUT2D eigenvalue weighted by Gasteiger charge is -2.73. The Labute approximate surface area is 222 Å². The van der Waals surface area contributed by atoms with Gasteiger partial charge in [0.2, 0.25) is 0 Å². The zero-order valence-electron chi connectivity index (χ0n) is 22.4. The molecule has 2 aromatic carbocycles. The third-order valence-corrected chi connectivity index (χ3v) is 11.5. The topological polar surface area (TPSA) is 29.5 Å². The van der Waals surface area contributed by atoms with Crippen LogP contribution in [-0.2, 0) is 4.79 Å². The van der Waals surface area contributed by atoms with Crippen LogP contribution >= 0.6 is 0 Å². The Balaban J connectivity index is 1.28. The first-order valence-electron chi connectivity index (χ1n) is 14.7. The second-order valence-corrected chi connectivity index (χ2v) is 13.5. The third kappa shape index (κ3) is 3.63. The molecule has 194 valence electrons. The number of rotatable bonds is 5. The molecule has 3 nitrogen and oxygen atoms in total. The van der Waals surface area contributed by atoms with E-state index < -0.39 is 0 Å². The van der Waals surface area contributed by atoms with Crippen LogP contribution < -0.4 is 9.64 Å². The minimum Gasteiger partial charge on any atom is -0.423 e. The maximum absolute atomic E-state index is 12.1. The molecule has 0 aliphatic heterocycles. The number of benzene rings is 2. The van der Waals surface area contributed by atoms with E-state index in [0.717, 1.165) is 11.8 Å². The van der Waals surface area contributed by atoms with Crippen LogP contribution in [-0.4, -0.2) is 12.0 Å². The predicted molar refractivity (Wildman–Crippen MR) is 149 cm³/mol. The van der Waals surface area contributed by atoms with Gasteiger partial charge in [0, 0.05) is 23.0 Å². The number of hydrogen-bond acceptors (Lipinski definition) is 3. The van der Waals surface area contributed by atoms with Gasteiger partial charge in [-0.3, -0.25) is 0 Å². The molecular weight excluding hydrogens is 454 g/mol. The number of esters is 1. The first kappa shape index (κ1) is 23.6. The summed E-state index contributed by atoms with van der Waals surface area (Å²) in [5.41, 5.74) is 4.55. The summed E-state index contributed by atoms with van der Waals surface area (Å²) in [7, 11) is 0. The Hall–Kier alpha value is -2.55. The van der Waals surface area contributed by atoms with Crippen molar-refractivity contribution in [1.82, 2.24) is 0 Å². The molecule has 5 saturated carbocycles. The molecule has 0 amide bonds. The average molecular weight is 496 g/mol. The smallest absolute Gasteiger partial charge is 0.338 e. The normalized spacial score (nSPS) is 37.4. The fraction of sp³-hybridized carbons (Fsp3) is 0.559. The molecule has 0 heterocycles. The zero-order chi connectivity index (χ0) is 25.3. The average Bonchev–Trinajstić information content (AvgIpc) is 2.90. The molecule has 6 unspecified atom stereocenters. The van der Waals surface area contributed by atoms with E-state index >= 15 is 0 Å². The standard InChI is InChI=1S/C34H41NO2/c1-24(2)31(36)37-29-13-11-28(12-14-29)35(27-9-4-3-5-10-27)30-17-19-32-18-15-25-7-6-8-26-16-20-33(30,21-32)23-34(25,26)22-32/h3-5,9-14,25-26,30H,1,6-8,15-23H2,2H3. The lowest BCUT2D eigenvalue weighted by molar-refractivity contribution is -0.210. The lowest BCUT2D eigenvalue weighted by Crippen LogP contribution is -2.66. The van der Waals surface area contributed by atoms with Crippen molar-refractivity contribution in [2.24, 2.45) is 28.1 Å². The lowest BCUT2D eigenvalue weighted by atomic mass is 9.33. The number of para-hydroxylation sites is 1. The van der Waals surface area contributed by atoms with E-state index in [-0.39, 0.29) is 5.97 Å². The summed E-state index contributed by atoms with van der Waals surface area (Å²) < 4.78 is 5.53. The number of ether oxygens (including phenoxy) is 1. The van der Waals surface area contributed by atoms with Crippen molar-refractivity contribution >= 4 is 17.3 Å². The zero-order valence-corrected chi connectivity index (χ0v) is 22.4. The molecular formula is C34H41NO2. The summed E-state index contributed by atoms with van der Waals surface area (Å²) >= 11 is 0. The van der Waals surface area contributed by atoms with Gasteiger partial charge in [-0.2, -0.15) is 0 Å². The van der Waals surface area contributed by atoms with Crippen LogP contribution in [0.5, 0.6) is 5.75 Å². The maximum atomic E-state index is 12.1. The van der Waals surface area contributed by atoms with Crippen molar-refractivity contribution < 1.29 is 9.53 Å². The van der Waals surface area contributed by atoms with E-state index in [2.05, 4.69) is 53.9 Å². The molecule has 0 radical (unpaired) electrons.